The average Bonchev–Trinajstić information content (AvgIpc) is 2.84. The first kappa shape index (κ1) is 35.2. The third kappa shape index (κ3) is 9.76. The van der Waals surface area contributed by atoms with E-state index >= 15 is 0 Å². The fourth-order valence-corrected chi connectivity index (χ4v) is 4.08. The van der Waals surface area contributed by atoms with Gasteiger partial charge in [-0.1, -0.05) is 34.8 Å². The molecule has 0 amide bonds. The van der Waals surface area contributed by atoms with Crippen molar-refractivity contribution in [2.24, 2.45) is 0 Å². The first-order valence-electron chi connectivity index (χ1n) is 11.9. The minimum Gasteiger partial charge on any atom is -0.463 e. The molecule has 0 unspecified atom stereocenters. The Hall–Kier alpha value is -2.02. The van der Waals surface area contributed by atoms with Gasteiger partial charge in [-0.25, -0.2) is 0 Å². The summed E-state index contributed by atoms with van der Waals surface area (Å²) < 4.78 is 40.4. The van der Waals surface area contributed by atoms with Gasteiger partial charge in [-0.15, -0.1) is 0 Å². The van der Waals surface area contributed by atoms with Crippen LogP contribution in [-0.4, -0.2) is 124 Å². The highest BCUT2D eigenvalue weighted by Gasteiger charge is 2.56. The zero-order valence-corrected chi connectivity index (χ0v) is 24.3. The largest absolute Gasteiger partial charge is 0.463 e. The number of rotatable bonds is 9. The maximum absolute atomic E-state index is 12.0. The molecular formula is C22H30Cl3NO15. The first-order valence-corrected chi connectivity index (χ1v) is 13.0. The summed E-state index contributed by atoms with van der Waals surface area (Å²) in [5.41, 5.74) is 0. The van der Waals surface area contributed by atoms with Crippen LogP contribution in [0, 0.1) is 5.41 Å². The van der Waals surface area contributed by atoms with Crippen LogP contribution in [0.2, 0.25) is 0 Å². The number of alkyl halides is 3. The van der Waals surface area contributed by atoms with E-state index in [1.807, 2.05) is 0 Å². The number of hydrogen-bond donors (Lipinski definition) is 4. The summed E-state index contributed by atoms with van der Waals surface area (Å²) in [6.45, 7) is 2.73. The minimum absolute atomic E-state index is 0.567. The third-order valence-electron chi connectivity index (χ3n) is 5.55. The van der Waals surface area contributed by atoms with Gasteiger partial charge < -0.3 is 53.2 Å². The van der Waals surface area contributed by atoms with E-state index in [9.17, 15) is 34.5 Å². The van der Waals surface area contributed by atoms with Gasteiger partial charge >= 0.3 is 23.9 Å². The molecule has 2 saturated heterocycles. The van der Waals surface area contributed by atoms with Crippen molar-refractivity contribution in [2.75, 3.05) is 13.2 Å². The molecular weight excluding hydrogens is 625 g/mol. The molecule has 19 heteroatoms. The Balaban J connectivity index is 2.50. The highest BCUT2D eigenvalue weighted by Crippen LogP contribution is 2.35. The monoisotopic (exact) mass is 653 g/mol. The summed E-state index contributed by atoms with van der Waals surface area (Å²) in [7, 11) is 0. The molecule has 0 aromatic carbocycles. The van der Waals surface area contributed by atoms with E-state index < -0.39 is 108 Å². The number of carbonyl (C=O) groups is 4. The lowest BCUT2D eigenvalue weighted by atomic mass is 9.96. The van der Waals surface area contributed by atoms with E-state index in [1.54, 1.807) is 0 Å². The Kier molecular flexibility index (Phi) is 12.8. The molecule has 2 fully saturated rings. The Morgan fingerprint density at radius 1 is 0.732 bits per heavy atom. The molecule has 0 spiro atoms. The van der Waals surface area contributed by atoms with Gasteiger partial charge in [0.15, 0.2) is 24.6 Å². The SMILES string of the molecule is CC(=O)OC[C@H]1O[C@@H](O[C@@H]2[C@@H](O)[C@H](OC(=N)C(Cl)(Cl)Cl)O[C@H](CO)[C@H]2O)[C@H](OC(C)=O)[C@@H](OC(C)=O)[C@@H]1OC(C)=O. The summed E-state index contributed by atoms with van der Waals surface area (Å²) >= 11 is 16.9. The lowest BCUT2D eigenvalue weighted by molar-refractivity contribution is -0.355. The summed E-state index contributed by atoms with van der Waals surface area (Å²) in [4.78, 5) is 47.4. The van der Waals surface area contributed by atoms with Crippen molar-refractivity contribution < 1.29 is 72.4 Å². The molecule has 0 aliphatic carbocycles. The van der Waals surface area contributed by atoms with Crippen LogP contribution in [0.5, 0.6) is 0 Å². The van der Waals surface area contributed by atoms with E-state index in [-0.39, 0.29) is 0 Å². The second-order valence-electron chi connectivity index (χ2n) is 8.82. The van der Waals surface area contributed by atoms with Gasteiger partial charge in [0.1, 0.15) is 37.1 Å². The zero-order chi connectivity index (χ0) is 31.2. The second-order valence-corrected chi connectivity index (χ2v) is 11.1. The lowest BCUT2D eigenvalue weighted by Crippen LogP contribution is -2.66. The lowest BCUT2D eigenvalue weighted by Gasteiger charge is -2.47. The van der Waals surface area contributed by atoms with Crippen LogP contribution < -0.4 is 0 Å². The highest BCUT2D eigenvalue weighted by molar-refractivity contribution is 6.76. The van der Waals surface area contributed by atoms with Crippen molar-refractivity contribution in [3.63, 3.8) is 0 Å². The average molecular weight is 655 g/mol. The summed E-state index contributed by atoms with van der Waals surface area (Å²) in [5, 5.41) is 39.2. The maximum Gasteiger partial charge on any atom is 0.303 e. The smallest absolute Gasteiger partial charge is 0.303 e. The number of carbonyl (C=O) groups excluding carboxylic acids is 4. The van der Waals surface area contributed by atoms with Crippen LogP contribution >= 0.6 is 34.8 Å². The van der Waals surface area contributed by atoms with Gasteiger partial charge in [0.2, 0.25) is 12.2 Å². The van der Waals surface area contributed by atoms with Crippen molar-refractivity contribution >= 4 is 64.6 Å². The molecule has 41 heavy (non-hydrogen) atoms. The normalized spacial score (nSPS) is 33.7. The number of halogens is 3. The van der Waals surface area contributed by atoms with Gasteiger partial charge in [-0.2, -0.15) is 0 Å². The summed E-state index contributed by atoms with van der Waals surface area (Å²) in [6, 6.07) is 0. The molecule has 0 aromatic heterocycles. The van der Waals surface area contributed by atoms with E-state index in [0.717, 1.165) is 27.7 Å². The fraction of sp³-hybridized carbons (Fsp3) is 0.773. The Morgan fingerprint density at radius 2 is 1.24 bits per heavy atom. The quantitative estimate of drug-likeness (QED) is 0.0789. The van der Waals surface area contributed by atoms with E-state index in [0.29, 0.717) is 0 Å². The molecule has 2 rings (SSSR count). The molecule has 234 valence electrons. The topological polar surface area (TPSA) is 227 Å². The van der Waals surface area contributed by atoms with E-state index in [2.05, 4.69) is 0 Å². The first-order chi connectivity index (χ1) is 19.0. The Morgan fingerprint density at radius 3 is 1.73 bits per heavy atom. The van der Waals surface area contributed by atoms with Gasteiger partial charge in [-0.05, 0) is 0 Å². The molecule has 10 atom stereocenters. The second kappa shape index (κ2) is 14.9. The number of nitrogens with one attached hydrogen (secondary N) is 1. The molecule has 0 bridgehead atoms. The van der Waals surface area contributed by atoms with Crippen molar-refractivity contribution in [1.29, 1.82) is 5.41 Å². The van der Waals surface area contributed by atoms with Crippen LogP contribution in [-0.2, 0) is 57.1 Å². The van der Waals surface area contributed by atoms with E-state index in [1.165, 1.54) is 0 Å². The summed E-state index contributed by atoms with van der Waals surface area (Å²) in [5.74, 6) is -4.42. The van der Waals surface area contributed by atoms with Crippen LogP contribution in [0.4, 0.5) is 0 Å². The Labute approximate surface area is 248 Å². The van der Waals surface area contributed by atoms with Crippen molar-refractivity contribution in [3.8, 4) is 0 Å². The van der Waals surface area contributed by atoms with Gasteiger partial charge in [0.25, 0.3) is 3.79 Å². The molecule has 2 aliphatic rings. The van der Waals surface area contributed by atoms with Crippen molar-refractivity contribution in [2.45, 2.75) is 92.9 Å². The molecule has 16 nitrogen and oxygen atoms in total. The van der Waals surface area contributed by atoms with Gasteiger partial charge in [0.05, 0.1) is 6.61 Å². The maximum atomic E-state index is 12.0. The predicted octanol–water partition coefficient (Wildman–Crippen LogP) is -0.742. The number of aliphatic hydroxyl groups is 3. The summed E-state index contributed by atoms with van der Waals surface area (Å²) in [6.07, 6.45) is -16.9. The van der Waals surface area contributed by atoms with Gasteiger partial charge in [0, 0.05) is 27.7 Å². The van der Waals surface area contributed by atoms with Crippen LogP contribution in [0.25, 0.3) is 0 Å². The van der Waals surface area contributed by atoms with Crippen LogP contribution in [0.1, 0.15) is 27.7 Å². The van der Waals surface area contributed by atoms with Crippen LogP contribution in [0.3, 0.4) is 0 Å². The molecule has 4 N–H and O–H groups in total. The Bertz CT molecular complexity index is 978. The predicted molar refractivity (Wildman–Crippen MR) is 134 cm³/mol. The fourth-order valence-electron chi connectivity index (χ4n) is 3.95. The molecule has 0 aromatic rings. The zero-order valence-electron chi connectivity index (χ0n) is 22.1. The molecule has 2 aliphatic heterocycles. The number of aliphatic hydroxyl groups excluding tert-OH is 3. The highest BCUT2D eigenvalue weighted by atomic mass is 35.6. The number of esters is 4. The molecule has 0 saturated carbocycles. The third-order valence-corrected chi connectivity index (χ3v) is 6.07. The molecule has 2 heterocycles. The van der Waals surface area contributed by atoms with E-state index in [4.69, 9.17) is 78.1 Å². The number of hydrogen-bond acceptors (Lipinski definition) is 16. The minimum atomic E-state index is -2.37. The standard InChI is InChI=1S/C22H30Cl3NO15/c1-7(28)34-6-12-15(35-8(2)29)17(36-9(3)30)18(37-10(4)31)20(39-12)40-16-13(32)11(5-27)38-19(14(16)33)41-21(26)22(23,24)25/h11-20,26-27,32-33H,5-6H2,1-4H3/t11-,12-,13-,14-,15-,16+,17+,18-,19+,20+/m1/s1. The van der Waals surface area contributed by atoms with Crippen molar-refractivity contribution in [3.05, 3.63) is 0 Å². The van der Waals surface area contributed by atoms with Crippen molar-refractivity contribution in [1.82, 2.24) is 0 Å². The molecule has 0 radical (unpaired) electrons. The number of ether oxygens (including phenoxy) is 8. The van der Waals surface area contributed by atoms with Crippen LogP contribution in [0.15, 0.2) is 0 Å². The van der Waals surface area contributed by atoms with Gasteiger partial charge in [-0.3, -0.25) is 24.6 Å².